The second-order valence-corrected chi connectivity index (χ2v) is 6.77. The Morgan fingerprint density at radius 2 is 2.30 bits per heavy atom. The van der Waals surface area contributed by atoms with E-state index in [1.165, 1.54) is 0 Å². The molecule has 1 aliphatic rings. The van der Waals surface area contributed by atoms with Crippen molar-refractivity contribution < 1.29 is 9.00 Å². The first-order chi connectivity index (χ1) is 9.60. The SMILES string of the molecule is C[C@H]1CCN(C(=O)Nc2cccc(C#N)c2)CC[S@]1=O. The van der Waals surface area contributed by atoms with Gasteiger partial charge in [-0.1, -0.05) is 13.0 Å². The highest BCUT2D eigenvalue weighted by atomic mass is 32.2. The molecule has 1 N–H and O–H groups in total. The molecule has 2 atom stereocenters. The predicted octanol–water partition coefficient (Wildman–Crippen LogP) is 1.93. The normalized spacial score (nSPS) is 22.7. The van der Waals surface area contributed by atoms with E-state index >= 15 is 0 Å². The van der Waals surface area contributed by atoms with Crippen LogP contribution in [0.5, 0.6) is 0 Å². The average Bonchev–Trinajstić information content (AvgIpc) is 2.62. The third-order valence-corrected chi connectivity index (χ3v) is 5.07. The number of anilines is 1. The molecular weight excluding hydrogens is 274 g/mol. The van der Waals surface area contributed by atoms with E-state index in [-0.39, 0.29) is 11.3 Å². The highest BCUT2D eigenvalue weighted by molar-refractivity contribution is 7.85. The van der Waals surface area contributed by atoms with Gasteiger partial charge in [-0.05, 0) is 24.6 Å². The van der Waals surface area contributed by atoms with Crippen LogP contribution in [0.25, 0.3) is 0 Å². The molecule has 1 aromatic carbocycles. The van der Waals surface area contributed by atoms with E-state index in [9.17, 15) is 9.00 Å². The molecular formula is C14H17N3O2S. The van der Waals surface area contributed by atoms with Crippen molar-refractivity contribution in [2.24, 2.45) is 0 Å². The number of carbonyl (C=O) groups is 1. The van der Waals surface area contributed by atoms with Gasteiger partial charge in [-0.15, -0.1) is 0 Å². The zero-order chi connectivity index (χ0) is 14.5. The van der Waals surface area contributed by atoms with Crippen molar-refractivity contribution in [3.05, 3.63) is 29.8 Å². The summed E-state index contributed by atoms with van der Waals surface area (Å²) in [7, 11) is -0.856. The fourth-order valence-electron chi connectivity index (χ4n) is 2.05. The number of nitrogens with one attached hydrogen (secondary N) is 1. The molecule has 2 amide bonds. The summed E-state index contributed by atoms with van der Waals surface area (Å²) in [5, 5.41) is 11.7. The highest BCUT2D eigenvalue weighted by Crippen LogP contribution is 2.13. The molecule has 0 spiro atoms. The van der Waals surface area contributed by atoms with Crippen molar-refractivity contribution in [1.82, 2.24) is 4.90 Å². The van der Waals surface area contributed by atoms with Crippen LogP contribution in [-0.4, -0.2) is 39.2 Å². The molecule has 1 heterocycles. The maximum atomic E-state index is 12.2. The number of hydrogen-bond donors (Lipinski definition) is 1. The average molecular weight is 291 g/mol. The van der Waals surface area contributed by atoms with Crippen molar-refractivity contribution >= 4 is 22.5 Å². The van der Waals surface area contributed by atoms with E-state index in [0.29, 0.717) is 30.1 Å². The lowest BCUT2D eigenvalue weighted by Crippen LogP contribution is -2.36. The summed E-state index contributed by atoms with van der Waals surface area (Å²) >= 11 is 0. The van der Waals surface area contributed by atoms with E-state index in [0.717, 1.165) is 6.42 Å². The molecule has 0 aliphatic carbocycles. The molecule has 0 saturated carbocycles. The molecule has 6 heteroatoms. The van der Waals surface area contributed by atoms with Crippen LogP contribution in [0.3, 0.4) is 0 Å². The molecule has 0 unspecified atom stereocenters. The number of carbonyl (C=O) groups excluding carboxylic acids is 1. The molecule has 0 radical (unpaired) electrons. The highest BCUT2D eigenvalue weighted by Gasteiger charge is 2.22. The Hall–Kier alpha value is -1.87. The minimum Gasteiger partial charge on any atom is -0.324 e. The first-order valence-corrected chi connectivity index (χ1v) is 7.91. The molecule has 2 rings (SSSR count). The Kier molecular flexibility index (Phi) is 4.74. The lowest BCUT2D eigenvalue weighted by Gasteiger charge is -2.20. The van der Waals surface area contributed by atoms with Gasteiger partial charge >= 0.3 is 6.03 Å². The number of nitrogens with zero attached hydrogens (tertiary/aromatic N) is 2. The lowest BCUT2D eigenvalue weighted by atomic mass is 10.2. The van der Waals surface area contributed by atoms with Crippen molar-refractivity contribution in [2.75, 3.05) is 24.2 Å². The van der Waals surface area contributed by atoms with Crippen LogP contribution in [0.15, 0.2) is 24.3 Å². The number of benzene rings is 1. The maximum Gasteiger partial charge on any atom is 0.321 e. The predicted molar refractivity (Wildman–Crippen MR) is 78.8 cm³/mol. The summed E-state index contributed by atoms with van der Waals surface area (Å²) in [5.41, 5.74) is 1.11. The molecule has 106 valence electrons. The first kappa shape index (κ1) is 14.5. The Labute approximate surface area is 121 Å². The fraction of sp³-hybridized carbons (Fsp3) is 0.429. The number of rotatable bonds is 1. The van der Waals surface area contributed by atoms with Gasteiger partial charge in [-0.2, -0.15) is 5.26 Å². The van der Waals surface area contributed by atoms with Crippen LogP contribution in [0.1, 0.15) is 18.9 Å². The topological polar surface area (TPSA) is 73.2 Å². The third kappa shape index (κ3) is 3.58. The minimum absolute atomic E-state index is 0.134. The van der Waals surface area contributed by atoms with E-state index in [1.807, 2.05) is 13.0 Å². The Balaban J connectivity index is 2.01. The van der Waals surface area contributed by atoms with Gasteiger partial charge in [-0.3, -0.25) is 4.21 Å². The zero-order valence-corrected chi connectivity index (χ0v) is 12.2. The Morgan fingerprint density at radius 1 is 1.50 bits per heavy atom. The third-order valence-electron chi connectivity index (χ3n) is 3.35. The largest absolute Gasteiger partial charge is 0.324 e. The summed E-state index contributed by atoms with van der Waals surface area (Å²) in [6, 6.07) is 8.63. The van der Waals surface area contributed by atoms with E-state index in [2.05, 4.69) is 5.32 Å². The number of nitriles is 1. The number of amides is 2. The zero-order valence-electron chi connectivity index (χ0n) is 11.3. The molecule has 0 aromatic heterocycles. The minimum atomic E-state index is -0.856. The molecule has 1 fully saturated rings. The summed E-state index contributed by atoms with van der Waals surface area (Å²) in [6.45, 7) is 3.06. The molecule has 5 nitrogen and oxygen atoms in total. The summed E-state index contributed by atoms with van der Waals surface area (Å²) in [6.07, 6.45) is 0.748. The second-order valence-electron chi connectivity index (χ2n) is 4.79. The molecule has 1 aliphatic heterocycles. The maximum absolute atomic E-state index is 12.2. The number of urea groups is 1. The van der Waals surface area contributed by atoms with Crippen LogP contribution in [0.2, 0.25) is 0 Å². The van der Waals surface area contributed by atoms with Gasteiger partial charge < -0.3 is 10.2 Å². The van der Waals surface area contributed by atoms with Crippen molar-refractivity contribution in [3.63, 3.8) is 0 Å². The van der Waals surface area contributed by atoms with Crippen molar-refractivity contribution in [1.29, 1.82) is 5.26 Å². The summed E-state index contributed by atoms with van der Waals surface area (Å²) < 4.78 is 11.7. The van der Waals surface area contributed by atoms with Crippen LogP contribution in [-0.2, 0) is 10.8 Å². The van der Waals surface area contributed by atoms with Gasteiger partial charge in [-0.25, -0.2) is 4.79 Å². The summed E-state index contributed by atoms with van der Waals surface area (Å²) in [4.78, 5) is 13.8. The monoisotopic (exact) mass is 291 g/mol. The van der Waals surface area contributed by atoms with Gasteiger partial charge in [0.1, 0.15) is 0 Å². The molecule has 20 heavy (non-hydrogen) atoms. The van der Waals surface area contributed by atoms with Gasteiger partial charge in [0.2, 0.25) is 0 Å². The molecule has 1 aromatic rings. The number of hydrogen-bond acceptors (Lipinski definition) is 3. The van der Waals surface area contributed by atoms with Gasteiger partial charge in [0.25, 0.3) is 0 Å². The fourth-order valence-corrected chi connectivity index (χ4v) is 3.23. The Morgan fingerprint density at radius 3 is 3.05 bits per heavy atom. The van der Waals surface area contributed by atoms with Gasteiger partial charge in [0, 0.05) is 40.6 Å². The lowest BCUT2D eigenvalue weighted by molar-refractivity contribution is 0.215. The smallest absolute Gasteiger partial charge is 0.321 e. The van der Waals surface area contributed by atoms with Crippen LogP contribution in [0, 0.1) is 11.3 Å². The summed E-state index contributed by atoms with van der Waals surface area (Å²) in [5.74, 6) is 0.521. The van der Waals surface area contributed by atoms with E-state index in [4.69, 9.17) is 5.26 Å². The van der Waals surface area contributed by atoms with Gasteiger partial charge in [0.15, 0.2) is 0 Å². The van der Waals surface area contributed by atoms with Crippen LogP contribution >= 0.6 is 0 Å². The quantitative estimate of drug-likeness (QED) is 0.859. The van der Waals surface area contributed by atoms with Crippen LogP contribution < -0.4 is 5.32 Å². The second kappa shape index (κ2) is 6.53. The van der Waals surface area contributed by atoms with Crippen LogP contribution in [0.4, 0.5) is 10.5 Å². The van der Waals surface area contributed by atoms with Gasteiger partial charge in [0.05, 0.1) is 11.6 Å². The van der Waals surface area contributed by atoms with Crippen molar-refractivity contribution in [3.8, 4) is 6.07 Å². The Bertz CT molecular complexity index is 568. The van der Waals surface area contributed by atoms with E-state index < -0.39 is 10.8 Å². The standard InChI is InChI=1S/C14H17N3O2S/c1-11-5-6-17(7-8-20(11)19)14(18)16-13-4-2-3-12(9-13)10-15/h2-4,9,11H,5-8H2,1H3,(H,16,18)/t11-,20+/m0/s1. The first-order valence-electron chi connectivity index (χ1n) is 6.53. The molecule has 0 bridgehead atoms. The molecule has 1 saturated heterocycles. The van der Waals surface area contributed by atoms with E-state index in [1.54, 1.807) is 29.2 Å². The van der Waals surface area contributed by atoms with Crippen molar-refractivity contribution in [2.45, 2.75) is 18.6 Å².